The average Bonchev–Trinajstić information content (AvgIpc) is 2.46. The van der Waals surface area contributed by atoms with Crippen molar-refractivity contribution >= 4 is 11.4 Å². The molecule has 1 saturated heterocycles. The van der Waals surface area contributed by atoms with Crippen molar-refractivity contribution < 1.29 is 4.92 Å². The molecule has 0 radical (unpaired) electrons. The third kappa shape index (κ3) is 2.73. The van der Waals surface area contributed by atoms with E-state index in [2.05, 4.69) is 0 Å². The highest BCUT2D eigenvalue weighted by atomic mass is 16.6. The number of nitro groups is 1. The zero-order chi connectivity index (χ0) is 14.7. The van der Waals surface area contributed by atoms with Crippen molar-refractivity contribution in [2.24, 2.45) is 5.73 Å². The highest BCUT2D eigenvalue weighted by Crippen LogP contribution is 2.34. The van der Waals surface area contributed by atoms with Crippen molar-refractivity contribution in [3.8, 4) is 6.07 Å². The summed E-state index contributed by atoms with van der Waals surface area (Å²) < 4.78 is 0. The molecule has 106 valence electrons. The Hall–Kier alpha value is -2.13. The predicted molar refractivity (Wildman–Crippen MR) is 76.4 cm³/mol. The topological polar surface area (TPSA) is 96.2 Å². The first-order chi connectivity index (χ1) is 9.54. The van der Waals surface area contributed by atoms with E-state index in [1.165, 1.54) is 6.07 Å². The van der Waals surface area contributed by atoms with Crippen LogP contribution < -0.4 is 10.6 Å². The first-order valence-corrected chi connectivity index (χ1v) is 6.75. The van der Waals surface area contributed by atoms with Crippen molar-refractivity contribution in [2.75, 3.05) is 11.4 Å². The number of hydrogen-bond acceptors (Lipinski definition) is 5. The number of piperidine rings is 1. The van der Waals surface area contributed by atoms with Crippen LogP contribution in [-0.4, -0.2) is 23.6 Å². The Morgan fingerprint density at radius 2 is 2.30 bits per heavy atom. The lowest BCUT2D eigenvalue weighted by Gasteiger charge is -2.39. The molecular weight excluding hydrogens is 256 g/mol. The molecule has 2 rings (SSSR count). The van der Waals surface area contributed by atoms with Crippen LogP contribution in [-0.2, 0) is 0 Å². The van der Waals surface area contributed by atoms with E-state index in [-0.39, 0.29) is 17.8 Å². The lowest BCUT2D eigenvalue weighted by atomic mass is 9.95. The fourth-order valence-corrected chi connectivity index (χ4v) is 2.79. The Morgan fingerprint density at radius 3 is 2.90 bits per heavy atom. The molecule has 0 amide bonds. The maximum atomic E-state index is 11.2. The van der Waals surface area contributed by atoms with Crippen molar-refractivity contribution in [1.29, 1.82) is 5.26 Å². The van der Waals surface area contributed by atoms with Gasteiger partial charge in [-0.05, 0) is 38.3 Å². The fraction of sp³-hybridized carbons (Fsp3) is 0.500. The monoisotopic (exact) mass is 274 g/mol. The van der Waals surface area contributed by atoms with Crippen LogP contribution in [0, 0.1) is 21.4 Å². The third-order valence-electron chi connectivity index (χ3n) is 3.77. The van der Waals surface area contributed by atoms with Crippen LogP contribution in [0.25, 0.3) is 0 Å². The summed E-state index contributed by atoms with van der Waals surface area (Å²) in [5.41, 5.74) is 6.86. The number of nitro benzene ring substituents is 1. The number of hydrogen-bond donors (Lipinski definition) is 1. The van der Waals surface area contributed by atoms with Crippen LogP contribution in [0.5, 0.6) is 0 Å². The number of nitrogens with two attached hydrogens (primary N) is 1. The summed E-state index contributed by atoms with van der Waals surface area (Å²) in [7, 11) is 0. The van der Waals surface area contributed by atoms with Gasteiger partial charge >= 0.3 is 0 Å². The summed E-state index contributed by atoms with van der Waals surface area (Å²) in [5.74, 6) is 0. The molecule has 1 heterocycles. The van der Waals surface area contributed by atoms with E-state index < -0.39 is 4.92 Å². The second-order valence-electron chi connectivity index (χ2n) is 5.19. The molecule has 0 aromatic heterocycles. The maximum absolute atomic E-state index is 11.2. The highest BCUT2D eigenvalue weighted by Gasteiger charge is 2.30. The molecular formula is C14H18N4O2. The normalized spacial score (nSPS) is 20.2. The zero-order valence-electron chi connectivity index (χ0n) is 11.5. The smallest absolute Gasteiger partial charge is 0.293 e. The molecule has 20 heavy (non-hydrogen) atoms. The van der Waals surface area contributed by atoms with Crippen molar-refractivity contribution in [3.63, 3.8) is 0 Å². The van der Waals surface area contributed by atoms with E-state index in [4.69, 9.17) is 11.0 Å². The molecule has 1 aliphatic rings. The lowest BCUT2D eigenvalue weighted by Crippen LogP contribution is -2.49. The summed E-state index contributed by atoms with van der Waals surface area (Å²) in [6.45, 7) is 2.69. The zero-order valence-corrected chi connectivity index (χ0v) is 11.5. The van der Waals surface area contributed by atoms with Crippen LogP contribution >= 0.6 is 0 Å². The van der Waals surface area contributed by atoms with E-state index in [9.17, 15) is 10.1 Å². The van der Waals surface area contributed by atoms with Gasteiger partial charge in [0.25, 0.3) is 5.69 Å². The van der Waals surface area contributed by atoms with Gasteiger partial charge in [0.05, 0.1) is 16.6 Å². The minimum absolute atomic E-state index is 0.0170. The van der Waals surface area contributed by atoms with Gasteiger partial charge in [0.1, 0.15) is 5.69 Å². The van der Waals surface area contributed by atoms with E-state index in [1.807, 2.05) is 17.9 Å². The molecule has 2 N–H and O–H groups in total. The number of anilines is 1. The molecule has 0 spiro atoms. The SMILES string of the molecule is CC(N)C1CCCCN1c1ccc(C#N)cc1[N+](=O)[O-]. The molecule has 6 heteroatoms. The van der Waals surface area contributed by atoms with Gasteiger partial charge in [-0.2, -0.15) is 5.26 Å². The Labute approximate surface area is 117 Å². The van der Waals surface area contributed by atoms with Gasteiger partial charge in [-0.15, -0.1) is 0 Å². The molecule has 0 bridgehead atoms. The second kappa shape index (κ2) is 5.88. The van der Waals surface area contributed by atoms with E-state index >= 15 is 0 Å². The van der Waals surface area contributed by atoms with Gasteiger partial charge in [0, 0.05) is 24.7 Å². The minimum atomic E-state index is -0.428. The number of nitriles is 1. The van der Waals surface area contributed by atoms with Gasteiger partial charge < -0.3 is 10.6 Å². The lowest BCUT2D eigenvalue weighted by molar-refractivity contribution is -0.384. The molecule has 2 atom stereocenters. The molecule has 1 aromatic carbocycles. The third-order valence-corrected chi connectivity index (χ3v) is 3.77. The van der Waals surface area contributed by atoms with Crippen molar-refractivity contribution in [3.05, 3.63) is 33.9 Å². The average molecular weight is 274 g/mol. The molecule has 6 nitrogen and oxygen atoms in total. The molecule has 1 aliphatic heterocycles. The Balaban J connectivity index is 2.45. The molecule has 0 saturated carbocycles. The van der Waals surface area contributed by atoms with Gasteiger partial charge in [0.15, 0.2) is 0 Å². The first kappa shape index (κ1) is 14.3. The van der Waals surface area contributed by atoms with Crippen LogP contribution in [0.15, 0.2) is 18.2 Å². The van der Waals surface area contributed by atoms with Gasteiger partial charge in [-0.3, -0.25) is 10.1 Å². The number of benzene rings is 1. The van der Waals surface area contributed by atoms with Crippen LogP contribution in [0.1, 0.15) is 31.7 Å². The van der Waals surface area contributed by atoms with Gasteiger partial charge in [-0.25, -0.2) is 0 Å². The van der Waals surface area contributed by atoms with Crippen LogP contribution in [0.2, 0.25) is 0 Å². The minimum Gasteiger partial charge on any atom is -0.361 e. The van der Waals surface area contributed by atoms with Crippen molar-refractivity contribution in [2.45, 2.75) is 38.3 Å². The number of rotatable bonds is 3. The Bertz CT molecular complexity index is 551. The molecule has 1 fully saturated rings. The summed E-state index contributed by atoms with van der Waals surface area (Å²) >= 11 is 0. The molecule has 0 aliphatic carbocycles. The van der Waals surface area contributed by atoms with Gasteiger partial charge in [0.2, 0.25) is 0 Å². The summed E-state index contributed by atoms with van der Waals surface area (Å²) in [6.07, 6.45) is 3.03. The quantitative estimate of drug-likeness (QED) is 0.673. The van der Waals surface area contributed by atoms with E-state index in [0.29, 0.717) is 11.3 Å². The first-order valence-electron chi connectivity index (χ1n) is 6.75. The Morgan fingerprint density at radius 1 is 1.55 bits per heavy atom. The highest BCUT2D eigenvalue weighted by molar-refractivity contribution is 5.66. The summed E-state index contributed by atoms with van der Waals surface area (Å²) in [6, 6.07) is 6.61. The Kier molecular flexibility index (Phi) is 4.20. The van der Waals surface area contributed by atoms with Gasteiger partial charge in [-0.1, -0.05) is 0 Å². The van der Waals surface area contributed by atoms with E-state index in [1.54, 1.807) is 12.1 Å². The molecule has 1 aromatic rings. The van der Waals surface area contributed by atoms with Crippen molar-refractivity contribution in [1.82, 2.24) is 0 Å². The maximum Gasteiger partial charge on any atom is 0.293 e. The van der Waals surface area contributed by atoms with E-state index in [0.717, 1.165) is 25.8 Å². The summed E-state index contributed by atoms with van der Waals surface area (Å²) in [5, 5.41) is 20.1. The van der Waals surface area contributed by atoms with Crippen LogP contribution in [0.4, 0.5) is 11.4 Å². The fourth-order valence-electron chi connectivity index (χ4n) is 2.79. The predicted octanol–water partition coefficient (Wildman–Crippen LogP) is 2.17. The second-order valence-corrected chi connectivity index (χ2v) is 5.19. The standard InChI is InChI=1S/C14H18N4O2/c1-10(16)12-4-2-3-7-17(12)13-6-5-11(9-15)8-14(13)18(19)20/h5-6,8,10,12H,2-4,7,16H2,1H3. The number of nitrogens with zero attached hydrogens (tertiary/aromatic N) is 3. The van der Waals surface area contributed by atoms with Crippen LogP contribution in [0.3, 0.4) is 0 Å². The molecule has 2 unspecified atom stereocenters. The summed E-state index contributed by atoms with van der Waals surface area (Å²) in [4.78, 5) is 12.8. The largest absolute Gasteiger partial charge is 0.361 e.